The Morgan fingerprint density at radius 2 is 1.65 bits per heavy atom. The summed E-state index contributed by atoms with van der Waals surface area (Å²) in [6, 6.07) is 10.6. The summed E-state index contributed by atoms with van der Waals surface area (Å²) in [5.41, 5.74) is 0.743. The third-order valence-electron chi connectivity index (χ3n) is 3.66. The normalized spacial score (nSPS) is 14.8. The van der Waals surface area contributed by atoms with Gasteiger partial charge in [0.1, 0.15) is 17.7 Å². The van der Waals surface area contributed by atoms with Gasteiger partial charge in [-0.25, -0.2) is 4.39 Å². The van der Waals surface area contributed by atoms with Crippen molar-refractivity contribution in [3.63, 3.8) is 0 Å². The van der Waals surface area contributed by atoms with Crippen LogP contribution in [0.5, 0.6) is 5.75 Å². The molecule has 3 rings (SSSR count). The van der Waals surface area contributed by atoms with Gasteiger partial charge >= 0.3 is 0 Å². The van der Waals surface area contributed by atoms with E-state index in [1.54, 1.807) is 31.2 Å². The molecule has 0 N–H and O–H groups in total. The largest absolute Gasteiger partial charge is 0.497 e. The van der Waals surface area contributed by atoms with E-state index in [1.165, 1.54) is 25.3 Å². The zero-order chi connectivity index (χ0) is 16.6. The molecule has 1 aliphatic heterocycles. The van der Waals surface area contributed by atoms with Crippen molar-refractivity contribution in [2.24, 2.45) is 0 Å². The Labute approximate surface area is 132 Å². The number of amides is 2. The monoisotopic (exact) mass is 315 g/mol. The summed E-state index contributed by atoms with van der Waals surface area (Å²) in [7, 11) is 1.46. The van der Waals surface area contributed by atoms with E-state index in [2.05, 4.69) is 0 Å². The second kappa shape index (κ2) is 5.81. The molecular formula is C17H14FNO4. The Kier molecular flexibility index (Phi) is 3.83. The number of carbonyl (C=O) groups is 2. The summed E-state index contributed by atoms with van der Waals surface area (Å²) >= 11 is 0. The summed E-state index contributed by atoms with van der Waals surface area (Å²) in [5.74, 6) is -1.16. The third kappa shape index (κ3) is 2.57. The van der Waals surface area contributed by atoms with Crippen LogP contribution >= 0.6 is 0 Å². The Morgan fingerprint density at radius 1 is 1.04 bits per heavy atom. The molecule has 0 aromatic heterocycles. The smallest absolute Gasteiger partial charge is 0.285 e. The molecule has 1 atom stereocenters. The highest BCUT2D eigenvalue weighted by Gasteiger charge is 2.37. The average Bonchev–Trinajstić information content (AvgIpc) is 2.80. The highest BCUT2D eigenvalue weighted by molar-refractivity contribution is 6.20. The molecule has 1 unspecified atom stereocenters. The Morgan fingerprint density at radius 3 is 2.22 bits per heavy atom. The standard InChI is InChI=1S/C17H14FNO4/c1-10(14-9-11(22-2)7-8-15(14)18)23-19-16(20)12-5-3-4-6-13(12)17(19)21/h3-10H,1-2H3. The minimum atomic E-state index is -0.840. The highest BCUT2D eigenvalue weighted by atomic mass is 19.1. The first-order valence-corrected chi connectivity index (χ1v) is 7.01. The van der Waals surface area contributed by atoms with Crippen LogP contribution in [0.25, 0.3) is 0 Å². The van der Waals surface area contributed by atoms with E-state index in [0.717, 1.165) is 0 Å². The first-order valence-electron chi connectivity index (χ1n) is 7.01. The van der Waals surface area contributed by atoms with Crippen LogP contribution in [0.2, 0.25) is 0 Å². The summed E-state index contributed by atoms with van der Waals surface area (Å²) in [6.07, 6.45) is -0.840. The van der Waals surface area contributed by atoms with E-state index in [0.29, 0.717) is 10.8 Å². The van der Waals surface area contributed by atoms with Gasteiger partial charge in [-0.1, -0.05) is 12.1 Å². The van der Waals surface area contributed by atoms with Crippen LogP contribution in [0.4, 0.5) is 4.39 Å². The second-order valence-corrected chi connectivity index (χ2v) is 5.09. The van der Waals surface area contributed by atoms with Crippen LogP contribution in [-0.2, 0) is 4.84 Å². The van der Waals surface area contributed by atoms with Crippen molar-refractivity contribution in [2.75, 3.05) is 7.11 Å². The van der Waals surface area contributed by atoms with E-state index in [4.69, 9.17) is 9.57 Å². The van der Waals surface area contributed by atoms with Crippen LogP contribution in [0.3, 0.4) is 0 Å². The summed E-state index contributed by atoms with van der Waals surface area (Å²) in [6.45, 7) is 1.56. The van der Waals surface area contributed by atoms with Gasteiger partial charge in [0.05, 0.1) is 18.2 Å². The Bertz CT molecular complexity index is 755. The number of benzene rings is 2. The summed E-state index contributed by atoms with van der Waals surface area (Å²) in [4.78, 5) is 29.9. The zero-order valence-electron chi connectivity index (χ0n) is 12.6. The minimum Gasteiger partial charge on any atom is -0.497 e. The number of ether oxygens (including phenoxy) is 1. The molecule has 0 radical (unpaired) electrons. The molecule has 0 aliphatic carbocycles. The number of nitrogens with zero attached hydrogens (tertiary/aromatic N) is 1. The van der Waals surface area contributed by atoms with Crippen LogP contribution in [-0.4, -0.2) is 24.0 Å². The molecule has 1 heterocycles. The zero-order valence-corrected chi connectivity index (χ0v) is 12.6. The van der Waals surface area contributed by atoms with Gasteiger partial charge in [0, 0.05) is 5.56 Å². The molecule has 2 aromatic carbocycles. The van der Waals surface area contributed by atoms with E-state index in [-0.39, 0.29) is 16.7 Å². The first kappa shape index (κ1) is 15.2. The van der Waals surface area contributed by atoms with Crippen molar-refractivity contribution in [2.45, 2.75) is 13.0 Å². The van der Waals surface area contributed by atoms with Gasteiger partial charge in [-0.15, -0.1) is 5.06 Å². The molecule has 2 amide bonds. The number of carbonyl (C=O) groups excluding carboxylic acids is 2. The Balaban J connectivity index is 1.86. The molecule has 1 aliphatic rings. The number of fused-ring (bicyclic) bond motifs is 1. The number of methoxy groups -OCH3 is 1. The maximum absolute atomic E-state index is 14.0. The predicted molar refractivity (Wildman–Crippen MR) is 79.4 cm³/mol. The van der Waals surface area contributed by atoms with Crippen LogP contribution < -0.4 is 4.74 Å². The topological polar surface area (TPSA) is 55.8 Å². The number of hydrogen-bond donors (Lipinski definition) is 0. The van der Waals surface area contributed by atoms with Crippen molar-refractivity contribution < 1.29 is 23.6 Å². The molecule has 118 valence electrons. The van der Waals surface area contributed by atoms with Gasteiger partial charge in [0.15, 0.2) is 0 Å². The van der Waals surface area contributed by atoms with Crippen molar-refractivity contribution in [3.8, 4) is 5.75 Å². The van der Waals surface area contributed by atoms with Crippen LogP contribution in [0.15, 0.2) is 42.5 Å². The van der Waals surface area contributed by atoms with E-state index in [1.807, 2.05) is 0 Å². The fourth-order valence-electron chi connectivity index (χ4n) is 2.44. The molecular weight excluding hydrogens is 301 g/mol. The average molecular weight is 315 g/mol. The molecule has 6 heteroatoms. The molecule has 0 bridgehead atoms. The molecule has 2 aromatic rings. The van der Waals surface area contributed by atoms with E-state index >= 15 is 0 Å². The van der Waals surface area contributed by atoms with Gasteiger partial charge in [-0.05, 0) is 37.3 Å². The molecule has 5 nitrogen and oxygen atoms in total. The van der Waals surface area contributed by atoms with Gasteiger partial charge in [0.2, 0.25) is 0 Å². The number of hydrogen-bond acceptors (Lipinski definition) is 4. The third-order valence-corrected chi connectivity index (χ3v) is 3.66. The lowest BCUT2D eigenvalue weighted by Gasteiger charge is -2.20. The number of imide groups is 1. The minimum absolute atomic E-state index is 0.195. The lowest BCUT2D eigenvalue weighted by molar-refractivity contribution is -0.129. The molecule has 0 saturated heterocycles. The van der Waals surface area contributed by atoms with Gasteiger partial charge in [-0.3, -0.25) is 14.4 Å². The van der Waals surface area contributed by atoms with Gasteiger partial charge < -0.3 is 4.74 Å². The van der Waals surface area contributed by atoms with Crippen molar-refractivity contribution in [1.82, 2.24) is 5.06 Å². The number of hydroxylamine groups is 2. The highest BCUT2D eigenvalue weighted by Crippen LogP contribution is 2.29. The van der Waals surface area contributed by atoms with Crippen molar-refractivity contribution in [3.05, 3.63) is 65.0 Å². The fourth-order valence-corrected chi connectivity index (χ4v) is 2.44. The fraction of sp³-hybridized carbons (Fsp3) is 0.176. The lowest BCUT2D eigenvalue weighted by atomic mass is 10.1. The van der Waals surface area contributed by atoms with Gasteiger partial charge in [0.25, 0.3) is 11.8 Å². The summed E-state index contributed by atoms with van der Waals surface area (Å²) in [5, 5.41) is 0.675. The number of halogens is 1. The molecule has 0 saturated carbocycles. The lowest BCUT2D eigenvalue weighted by Crippen LogP contribution is -2.31. The molecule has 0 fully saturated rings. The van der Waals surface area contributed by atoms with Crippen molar-refractivity contribution in [1.29, 1.82) is 0 Å². The summed E-state index contributed by atoms with van der Waals surface area (Å²) < 4.78 is 19.0. The van der Waals surface area contributed by atoms with E-state index < -0.39 is 23.7 Å². The van der Waals surface area contributed by atoms with Gasteiger partial charge in [-0.2, -0.15) is 0 Å². The molecule has 23 heavy (non-hydrogen) atoms. The quantitative estimate of drug-likeness (QED) is 0.814. The SMILES string of the molecule is COc1ccc(F)c(C(C)ON2C(=O)c3ccccc3C2=O)c1. The maximum Gasteiger partial charge on any atom is 0.285 e. The van der Waals surface area contributed by atoms with Crippen molar-refractivity contribution >= 4 is 11.8 Å². The Hall–Kier alpha value is -2.73. The predicted octanol–water partition coefficient (Wildman–Crippen LogP) is 3.12. The maximum atomic E-state index is 14.0. The van der Waals surface area contributed by atoms with Crippen LogP contribution in [0, 0.1) is 5.82 Å². The number of rotatable bonds is 4. The first-order chi connectivity index (χ1) is 11.0. The second-order valence-electron chi connectivity index (χ2n) is 5.09. The van der Waals surface area contributed by atoms with Crippen LogP contribution in [0.1, 0.15) is 39.3 Å². The van der Waals surface area contributed by atoms with E-state index in [9.17, 15) is 14.0 Å². The molecule has 0 spiro atoms.